The Hall–Kier alpha value is -3.27. The van der Waals surface area contributed by atoms with Crippen LogP contribution in [0.25, 0.3) is 0 Å². The van der Waals surface area contributed by atoms with Crippen molar-refractivity contribution in [3.05, 3.63) is 48.0 Å². The first-order valence-electron chi connectivity index (χ1n) is 10.9. The standard InChI is InChI=1S/C23H27N3O6S/c1-16(27)24-18-9-11-26(12-10-18)23(28)17-3-5-19(6-4-17)25-33(29,30)20-7-8-21-22(15-20)32-14-2-13-31-21/h3-8,15,18,25H,2,9-14H2,1H3,(H,24,27). The number of hydrogen-bond donors (Lipinski definition) is 2. The summed E-state index contributed by atoms with van der Waals surface area (Å²) in [5.74, 6) is 0.743. The van der Waals surface area contributed by atoms with Crippen LogP contribution in [0, 0.1) is 0 Å². The first-order chi connectivity index (χ1) is 15.8. The Kier molecular flexibility index (Phi) is 6.73. The van der Waals surface area contributed by atoms with Crippen molar-refractivity contribution >= 4 is 27.5 Å². The third-order valence-electron chi connectivity index (χ3n) is 5.60. The summed E-state index contributed by atoms with van der Waals surface area (Å²) in [6.45, 7) is 3.59. The van der Waals surface area contributed by atoms with Crippen LogP contribution in [-0.4, -0.2) is 57.5 Å². The Morgan fingerprint density at radius 3 is 2.30 bits per heavy atom. The molecule has 4 rings (SSSR count). The summed E-state index contributed by atoms with van der Waals surface area (Å²) in [4.78, 5) is 25.8. The first kappa shape index (κ1) is 22.9. The molecule has 33 heavy (non-hydrogen) atoms. The second-order valence-electron chi connectivity index (χ2n) is 8.11. The second-order valence-corrected chi connectivity index (χ2v) is 9.79. The fourth-order valence-electron chi connectivity index (χ4n) is 3.90. The number of ether oxygens (including phenoxy) is 2. The number of fused-ring (bicyclic) bond motifs is 1. The van der Waals surface area contributed by atoms with Crippen molar-refractivity contribution in [3.8, 4) is 11.5 Å². The molecule has 1 fully saturated rings. The Balaban J connectivity index is 1.40. The normalized spacial score (nSPS) is 16.6. The van der Waals surface area contributed by atoms with Crippen LogP contribution in [-0.2, 0) is 14.8 Å². The highest BCUT2D eigenvalue weighted by molar-refractivity contribution is 7.92. The fourth-order valence-corrected chi connectivity index (χ4v) is 4.98. The molecule has 0 bridgehead atoms. The molecule has 0 unspecified atom stereocenters. The van der Waals surface area contributed by atoms with Gasteiger partial charge in [0, 0.05) is 49.8 Å². The van der Waals surface area contributed by atoms with Gasteiger partial charge in [0.25, 0.3) is 15.9 Å². The summed E-state index contributed by atoms with van der Waals surface area (Å²) in [6.07, 6.45) is 2.14. The number of carbonyl (C=O) groups is 2. The molecule has 0 radical (unpaired) electrons. The smallest absolute Gasteiger partial charge is 0.262 e. The molecule has 10 heteroatoms. The lowest BCUT2D eigenvalue weighted by Crippen LogP contribution is -2.46. The number of rotatable bonds is 5. The Bertz CT molecular complexity index is 1130. The number of carbonyl (C=O) groups excluding carboxylic acids is 2. The summed E-state index contributed by atoms with van der Waals surface area (Å²) in [6, 6.07) is 10.9. The van der Waals surface area contributed by atoms with Crippen molar-refractivity contribution in [2.75, 3.05) is 31.0 Å². The minimum absolute atomic E-state index is 0.0638. The molecule has 2 heterocycles. The van der Waals surface area contributed by atoms with Crippen molar-refractivity contribution in [1.82, 2.24) is 10.2 Å². The third kappa shape index (κ3) is 5.57. The van der Waals surface area contributed by atoms with Crippen molar-refractivity contribution in [3.63, 3.8) is 0 Å². The molecule has 2 amide bonds. The van der Waals surface area contributed by atoms with Gasteiger partial charge in [-0.15, -0.1) is 0 Å². The van der Waals surface area contributed by atoms with Crippen LogP contribution in [0.5, 0.6) is 11.5 Å². The van der Waals surface area contributed by atoms with Gasteiger partial charge in [0.2, 0.25) is 5.91 Å². The highest BCUT2D eigenvalue weighted by atomic mass is 32.2. The van der Waals surface area contributed by atoms with E-state index in [1.54, 1.807) is 35.2 Å². The maximum Gasteiger partial charge on any atom is 0.262 e. The van der Waals surface area contributed by atoms with Crippen LogP contribution in [0.3, 0.4) is 0 Å². The van der Waals surface area contributed by atoms with E-state index < -0.39 is 10.0 Å². The zero-order valence-corrected chi connectivity index (χ0v) is 19.2. The molecule has 0 aliphatic carbocycles. The zero-order valence-electron chi connectivity index (χ0n) is 18.4. The molecule has 2 aliphatic heterocycles. The van der Waals surface area contributed by atoms with Crippen molar-refractivity contribution in [1.29, 1.82) is 0 Å². The monoisotopic (exact) mass is 473 g/mol. The van der Waals surface area contributed by atoms with Gasteiger partial charge in [-0.1, -0.05) is 0 Å². The number of nitrogens with one attached hydrogen (secondary N) is 2. The number of amides is 2. The molecule has 9 nitrogen and oxygen atoms in total. The SMILES string of the molecule is CC(=O)NC1CCN(C(=O)c2ccc(NS(=O)(=O)c3ccc4c(c3)OCCCO4)cc2)CC1. The van der Waals surface area contributed by atoms with Gasteiger partial charge in [0.1, 0.15) is 0 Å². The number of piperidine rings is 1. The van der Waals surface area contributed by atoms with Gasteiger partial charge < -0.3 is 19.7 Å². The number of benzene rings is 2. The van der Waals surface area contributed by atoms with Crippen LogP contribution >= 0.6 is 0 Å². The highest BCUT2D eigenvalue weighted by Gasteiger charge is 2.24. The maximum atomic E-state index is 12.8. The summed E-state index contributed by atoms with van der Waals surface area (Å²) >= 11 is 0. The molecular formula is C23H27N3O6S. The van der Waals surface area contributed by atoms with E-state index >= 15 is 0 Å². The van der Waals surface area contributed by atoms with E-state index in [0.29, 0.717) is 61.9 Å². The largest absolute Gasteiger partial charge is 0.490 e. The third-order valence-corrected chi connectivity index (χ3v) is 6.98. The Morgan fingerprint density at radius 1 is 0.970 bits per heavy atom. The Morgan fingerprint density at radius 2 is 1.64 bits per heavy atom. The van der Waals surface area contributed by atoms with Gasteiger partial charge in [-0.3, -0.25) is 14.3 Å². The number of likely N-dealkylation sites (tertiary alicyclic amines) is 1. The average Bonchev–Trinajstić information content (AvgIpc) is 3.04. The highest BCUT2D eigenvalue weighted by Crippen LogP contribution is 2.32. The molecule has 176 valence electrons. The number of hydrogen-bond acceptors (Lipinski definition) is 6. The van der Waals surface area contributed by atoms with E-state index in [9.17, 15) is 18.0 Å². The zero-order chi connectivity index (χ0) is 23.4. The quantitative estimate of drug-likeness (QED) is 0.689. The second kappa shape index (κ2) is 9.70. The van der Waals surface area contributed by atoms with Crippen LogP contribution in [0.15, 0.2) is 47.4 Å². The van der Waals surface area contributed by atoms with Crippen molar-refractivity contribution in [2.45, 2.75) is 37.1 Å². The first-order valence-corrected chi connectivity index (χ1v) is 12.4. The lowest BCUT2D eigenvalue weighted by Gasteiger charge is -2.32. The summed E-state index contributed by atoms with van der Waals surface area (Å²) in [5.41, 5.74) is 0.828. The molecule has 2 aromatic carbocycles. The molecule has 2 aromatic rings. The molecular weight excluding hydrogens is 446 g/mol. The molecule has 1 saturated heterocycles. The van der Waals surface area contributed by atoms with Crippen molar-refractivity contribution < 1.29 is 27.5 Å². The van der Waals surface area contributed by atoms with E-state index in [1.165, 1.54) is 19.1 Å². The fraction of sp³-hybridized carbons (Fsp3) is 0.391. The number of anilines is 1. The van der Waals surface area contributed by atoms with E-state index in [0.717, 1.165) is 6.42 Å². The summed E-state index contributed by atoms with van der Waals surface area (Å²) < 4.78 is 39.3. The molecule has 0 spiro atoms. The molecule has 0 atom stereocenters. The topological polar surface area (TPSA) is 114 Å². The minimum Gasteiger partial charge on any atom is -0.490 e. The van der Waals surface area contributed by atoms with Gasteiger partial charge in [-0.25, -0.2) is 8.42 Å². The summed E-state index contributed by atoms with van der Waals surface area (Å²) in [7, 11) is -3.84. The van der Waals surface area contributed by atoms with Gasteiger partial charge in [-0.05, 0) is 49.2 Å². The van der Waals surface area contributed by atoms with E-state index in [4.69, 9.17) is 9.47 Å². The number of nitrogens with zero attached hydrogens (tertiary/aromatic N) is 1. The van der Waals surface area contributed by atoms with E-state index in [1.807, 2.05) is 0 Å². The lowest BCUT2D eigenvalue weighted by molar-refractivity contribution is -0.119. The van der Waals surface area contributed by atoms with Gasteiger partial charge >= 0.3 is 0 Å². The number of sulfonamides is 1. The Labute approximate surface area is 193 Å². The van der Waals surface area contributed by atoms with Crippen LogP contribution in [0.2, 0.25) is 0 Å². The van der Waals surface area contributed by atoms with Crippen LogP contribution < -0.4 is 19.5 Å². The van der Waals surface area contributed by atoms with Gasteiger partial charge in [0.05, 0.1) is 18.1 Å². The molecule has 0 saturated carbocycles. The van der Waals surface area contributed by atoms with Crippen LogP contribution in [0.1, 0.15) is 36.5 Å². The molecule has 2 N–H and O–H groups in total. The molecule has 0 aromatic heterocycles. The van der Waals surface area contributed by atoms with Gasteiger partial charge in [0.15, 0.2) is 11.5 Å². The van der Waals surface area contributed by atoms with E-state index in [-0.39, 0.29) is 22.8 Å². The lowest BCUT2D eigenvalue weighted by atomic mass is 10.0. The maximum absolute atomic E-state index is 12.8. The van der Waals surface area contributed by atoms with Crippen molar-refractivity contribution in [2.24, 2.45) is 0 Å². The van der Waals surface area contributed by atoms with Gasteiger partial charge in [-0.2, -0.15) is 0 Å². The average molecular weight is 474 g/mol. The molecule has 2 aliphatic rings. The summed E-state index contributed by atoms with van der Waals surface area (Å²) in [5, 5.41) is 2.89. The predicted octanol–water partition coefficient (Wildman–Crippen LogP) is 2.39. The predicted molar refractivity (Wildman–Crippen MR) is 122 cm³/mol. The minimum atomic E-state index is -3.84. The van der Waals surface area contributed by atoms with E-state index in [2.05, 4.69) is 10.0 Å². The van der Waals surface area contributed by atoms with Crippen LogP contribution in [0.4, 0.5) is 5.69 Å².